The quantitative estimate of drug-likeness (QED) is 0.272. The lowest BCUT2D eigenvalue weighted by Crippen LogP contribution is -2.69. The maximum Gasteiger partial charge on any atom is 0.288 e. The van der Waals surface area contributed by atoms with E-state index in [-0.39, 0.29) is 5.75 Å². The lowest BCUT2D eigenvalue weighted by molar-refractivity contribution is -0.385. The summed E-state index contributed by atoms with van der Waals surface area (Å²) in [4.78, 5) is 3.17. The van der Waals surface area contributed by atoms with Crippen molar-refractivity contribution in [3.05, 3.63) is 59.8 Å². The zero-order chi connectivity index (χ0) is 23.6. The molecule has 3 aromatic rings. The monoisotopic (exact) mass is 459 g/mol. The van der Waals surface area contributed by atoms with Gasteiger partial charge in [0.1, 0.15) is 23.7 Å². The van der Waals surface area contributed by atoms with E-state index in [4.69, 9.17) is 14.2 Å². The third-order valence-corrected chi connectivity index (χ3v) is 5.91. The molecule has 0 radical (unpaired) electrons. The number of aryl methyl sites for hydroxylation is 2. The van der Waals surface area contributed by atoms with Crippen molar-refractivity contribution in [1.29, 1.82) is 0 Å². The maximum atomic E-state index is 10.9. The van der Waals surface area contributed by atoms with Crippen LogP contribution in [0.15, 0.2) is 48.7 Å². The molecule has 5 atom stereocenters. The van der Waals surface area contributed by atoms with Crippen LogP contribution in [0.1, 0.15) is 18.1 Å². The lowest BCUT2D eigenvalue weighted by atomic mass is 9.95. The van der Waals surface area contributed by atoms with Crippen LogP contribution in [0, 0.1) is 0 Å². The molecule has 1 saturated heterocycles. The zero-order valence-electron chi connectivity index (χ0n) is 18.2. The molecule has 0 aliphatic carbocycles. The molecule has 9 heteroatoms. The Balaban J connectivity index is 1.57. The third-order valence-electron chi connectivity index (χ3n) is 5.91. The minimum absolute atomic E-state index is 0.203. The predicted molar refractivity (Wildman–Crippen MR) is 119 cm³/mol. The molecule has 1 unspecified atom stereocenters. The Morgan fingerprint density at radius 1 is 1.06 bits per heavy atom. The fraction of sp³-hybridized carbons (Fsp3) is 0.417. The largest absolute Gasteiger partial charge is 0.494 e. The van der Waals surface area contributed by atoms with Crippen LogP contribution in [0.2, 0.25) is 0 Å². The molecule has 4 rings (SSSR count). The van der Waals surface area contributed by atoms with Crippen LogP contribution < -0.4 is 9.47 Å². The second-order valence-electron chi connectivity index (χ2n) is 8.07. The van der Waals surface area contributed by atoms with Crippen molar-refractivity contribution in [2.45, 2.75) is 50.2 Å². The Bertz CT molecular complexity index is 1070. The van der Waals surface area contributed by atoms with Gasteiger partial charge in [-0.3, -0.25) is 0 Å². The number of aromatic amines is 1. The molecule has 1 fully saturated rings. The normalized spacial score (nSPS) is 27.6. The van der Waals surface area contributed by atoms with Crippen LogP contribution in [-0.2, 0) is 17.6 Å². The summed E-state index contributed by atoms with van der Waals surface area (Å²) in [6.45, 7) is 1.90. The SMILES string of the molecule is CCOc1ccc(CCc2c[nH]c3cccc(O[C@]4(O)C(O)O[C@H](CO)[C@@H](O)[C@@H]4O)c23)cc1. The Morgan fingerprint density at radius 2 is 1.82 bits per heavy atom. The molecule has 178 valence electrons. The smallest absolute Gasteiger partial charge is 0.288 e. The molecular weight excluding hydrogens is 430 g/mol. The first-order valence-electron chi connectivity index (χ1n) is 10.9. The number of aromatic nitrogens is 1. The van der Waals surface area contributed by atoms with E-state index >= 15 is 0 Å². The summed E-state index contributed by atoms with van der Waals surface area (Å²) < 4.78 is 16.2. The van der Waals surface area contributed by atoms with Crippen LogP contribution in [0.25, 0.3) is 10.9 Å². The van der Waals surface area contributed by atoms with Crippen molar-refractivity contribution in [2.75, 3.05) is 13.2 Å². The molecule has 0 bridgehead atoms. The summed E-state index contributed by atoms with van der Waals surface area (Å²) in [5, 5.41) is 51.7. The maximum absolute atomic E-state index is 10.9. The Labute approximate surface area is 190 Å². The van der Waals surface area contributed by atoms with Crippen molar-refractivity contribution in [3.8, 4) is 11.5 Å². The van der Waals surface area contributed by atoms with Gasteiger partial charge in [0.05, 0.1) is 13.2 Å². The molecule has 33 heavy (non-hydrogen) atoms. The van der Waals surface area contributed by atoms with Crippen molar-refractivity contribution in [2.24, 2.45) is 0 Å². The Hall–Kier alpha value is -2.66. The second-order valence-corrected chi connectivity index (χ2v) is 8.07. The highest BCUT2D eigenvalue weighted by Crippen LogP contribution is 2.36. The van der Waals surface area contributed by atoms with E-state index in [9.17, 15) is 25.5 Å². The molecule has 1 aromatic heterocycles. The standard InChI is InChI=1S/C24H29NO8/c1-2-31-16-10-7-14(8-11-16)6-9-15-12-25-17-4-3-5-18(20(15)17)33-24(30)22(28)21(27)19(13-26)32-23(24)29/h3-5,7-8,10-12,19,21-23,25-30H,2,6,9,13H2,1H3/t19-,21-,22+,23?,24+/m1/s1. The first-order valence-corrected chi connectivity index (χ1v) is 10.9. The summed E-state index contributed by atoms with van der Waals surface area (Å²) in [6, 6.07) is 13.0. The van der Waals surface area contributed by atoms with E-state index in [0.29, 0.717) is 18.4 Å². The minimum Gasteiger partial charge on any atom is -0.494 e. The molecule has 0 amide bonds. The van der Waals surface area contributed by atoms with Gasteiger partial charge in [-0.1, -0.05) is 18.2 Å². The predicted octanol–water partition coefficient (Wildman–Crippen LogP) is 0.850. The number of hydrogen-bond acceptors (Lipinski definition) is 8. The van der Waals surface area contributed by atoms with Gasteiger partial charge in [0.15, 0.2) is 6.10 Å². The van der Waals surface area contributed by atoms with Gasteiger partial charge in [-0.05, 0) is 55.2 Å². The Kier molecular flexibility index (Phi) is 6.89. The number of nitrogens with one attached hydrogen (secondary N) is 1. The van der Waals surface area contributed by atoms with Crippen LogP contribution in [0.3, 0.4) is 0 Å². The van der Waals surface area contributed by atoms with Crippen LogP contribution in [0.4, 0.5) is 0 Å². The fourth-order valence-corrected chi connectivity index (χ4v) is 4.08. The molecule has 2 heterocycles. The van der Waals surface area contributed by atoms with E-state index in [2.05, 4.69) is 4.98 Å². The van der Waals surface area contributed by atoms with Gasteiger partial charge in [0.2, 0.25) is 6.29 Å². The van der Waals surface area contributed by atoms with Gasteiger partial charge < -0.3 is 44.7 Å². The van der Waals surface area contributed by atoms with Gasteiger partial charge in [-0.2, -0.15) is 0 Å². The molecule has 0 saturated carbocycles. The van der Waals surface area contributed by atoms with E-state index < -0.39 is 37.0 Å². The van der Waals surface area contributed by atoms with E-state index in [1.807, 2.05) is 43.5 Å². The van der Waals surface area contributed by atoms with Crippen molar-refractivity contribution in [1.82, 2.24) is 4.98 Å². The summed E-state index contributed by atoms with van der Waals surface area (Å²) in [7, 11) is 0. The summed E-state index contributed by atoms with van der Waals surface area (Å²) in [5.74, 6) is -1.62. The number of rotatable bonds is 8. The zero-order valence-corrected chi connectivity index (χ0v) is 18.2. The number of ether oxygens (including phenoxy) is 3. The fourth-order valence-electron chi connectivity index (χ4n) is 4.08. The molecule has 9 nitrogen and oxygen atoms in total. The van der Waals surface area contributed by atoms with Crippen LogP contribution >= 0.6 is 0 Å². The number of aliphatic hydroxyl groups is 5. The van der Waals surface area contributed by atoms with Crippen molar-refractivity contribution >= 4 is 10.9 Å². The number of fused-ring (bicyclic) bond motifs is 1. The van der Waals surface area contributed by atoms with Gasteiger partial charge in [-0.25, -0.2) is 0 Å². The third kappa shape index (κ3) is 4.56. The van der Waals surface area contributed by atoms with E-state index in [1.165, 1.54) is 0 Å². The topological polar surface area (TPSA) is 145 Å². The molecule has 1 aliphatic heterocycles. The Morgan fingerprint density at radius 3 is 2.52 bits per heavy atom. The van der Waals surface area contributed by atoms with Gasteiger partial charge >= 0.3 is 0 Å². The average molecular weight is 459 g/mol. The highest BCUT2D eigenvalue weighted by Gasteiger charge is 2.57. The highest BCUT2D eigenvalue weighted by molar-refractivity contribution is 5.89. The van der Waals surface area contributed by atoms with E-state index in [1.54, 1.807) is 12.1 Å². The van der Waals surface area contributed by atoms with Gasteiger partial charge in [0, 0.05) is 17.1 Å². The first-order chi connectivity index (χ1) is 15.9. The first kappa shape index (κ1) is 23.5. The average Bonchev–Trinajstić information content (AvgIpc) is 3.24. The number of H-pyrrole nitrogens is 1. The second kappa shape index (κ2) is 9.68. The van der Waals surface area contributed by atoms with Gasteiger partial charge in [-0.15, -0.1) is 0 Å². The van der Waals surface area contributed by atoms with Crippen molar-refractivity contribution < 1.29 is 39.7 Å². The molecule has 2 aromatic carbocycles. The summed E-state index contributed by atoms with van der Waals surface area (Å²) in [6.07, 6.45) is -3.59. The number of hydrogen-bond donors (Lipinski definition) is 6. The minimum atomic E-state index is -2.64. The highest BCUT2D eigenvalue weighted by atomic mass is 16.7. The summed E-state index contributed by atoms with van der Waals surface area (Å²) >= 11 is 0. The van der Waals surface area contributed by atoms with Crippen LogP contribution in [-0.4, -0.2) is 74.1 Å². The molecule has 1 aliphatic rings. The molecule has 0 spiro atoms. The number of aliphatic hydroxyl groups excluding tert-OH is 4. The molecular formula is C24H29NO8. The lowest BCUT2D eigenvalue weighted by Gasteiger charge is -2.45. The van der Waals surface area contributed by atoms with Gasteiger partial charge in [0.25, 0.3) is 5.79 Å². The van der Waals surface area contributed by atoms with Crippen LogP contribution in [0.5, 0.6) is 11.5 Å². The summed E-state index contributed by atoms with van der Waals surface area (Å²) in [5.41, 5.74) is 2.77. The van der Waals surface area contributed by atoms with Crippen molar-refractivity contribution in [3.63, 3.8) is 0 Å². The number of benzene rings is 2. The molecule has 6 N–H and O–H groups in total. The van der Waals surface area contributed by atoms with E-state index in [0.717, 1.165) is 28.8 Å².